The van der Waals surface area contributed by atoms with Crippen LogP contribution in [0.25, 0.3) is 0 Å². The van der Waals surface area contributed by atoms with Crippen LogP contribution in [0.3, 0.4) is 0 Å². The Labute approximate surface area is 165 Å². The minimum Gasteiger partial charge on any atom is -0.467 e. The van der Waals surface area contributed by atoms with Crippen molar-refractivity contribution in [2.75, 3.05) is 20.2 Å². The van der Waals surface area contributed by atoms with Gasteiger partial charge in [0, 0.05) is 6.54 Å². The third-order valence-corrected chi connectivity index (χ3v) is 4.58. The van der Waals surface area contributed by atoms with Crippen LogP contribution < -0.4 is 16.0 Å². The lowest BCUT2D eigenvalue weighted by molar-refractivity contribution is -0.145. The molecule has 8 nitrogen and oxygen atoms in total. The molecule has 1 aliphatic heterocycles. The van der Waals surface area contributed by atoms with Crippen molar-refractivity contribution in [1.29, 1.82) is 0 Å². The summed E-state index contributed by atoms with van der Waals surface area (Å²) >= 11 is 0. The van der Waals surface area contributed by atoms with E-state index < -0.39 is 18.1 Å². The van der Waals surface area contributed by atoms with Crippen molar-refractivity contribution in [3.8, 4) is 0 Å². The third-order valence-electron chi connectivity index (χ3n) is 4.58. The van der Waals surface area contributed by atoms with Gasteiger partial charge in [0.2, 0.25) is 5.91 Å². The van der Waals surface area contributed by atoms with Crippen LogP contribution in [0.1, 0.15) is 37.7 Å². The number of amides is 2. The van der Waals surface area contributed by atoms with Gasteiger partial charge < -0.3 is 25.4 Å². The topological polar surface area (TPSA) is 106 Å². The largest absolute Gasteiger partial charge is 0.467 e. The highest BCUT2D eigenvalue weighted by molar-refractivity contribution is 5.87. The van der Waals surface area contributed by atoms with Gasteiger partial charge in [-0.15, -0.1) is 0 Å². The molecule has 0 bridgehead atoms. The molecule has 0 aromatic heterocycles. The lowest BCUT2D eigenvalue weighted by atomic mass is 10.1. The molecule has 1 aliphatic rings. The molecule has 154 valence electrons. The Morgan fingerprint density at radius 2 is 2.00 bits per heavy atom. The molecule has 2 atom stereocenters. The van der Waals surface area contributed by atoms with E-state index in [0.717, 1.165) is 24.9 Å². The molecule has 28 heavy (non-hydrogen) atoms. The highest BCUT2D eigenvalue weighted by Crippen LogP contribution is 2.08. The lowest BCUT2D eigenvalue weighted by Crippen LogP contribution is -2.48. The number of benzene rings is 1. The van der Waals surface area contributed by atoms with E-state index in [2.05, 4.69) is 16.0 Å². The van der Waals surface area contributed by atoms with E-state index in [-0.39, 0.29) is 18.6 Å². The molecule has 8 heteroatoms. The average Bonchev–Trinajstić information content (AvgIpc) is 3.26. The Hall–Kier alpha value is -2.61. The molecule has 0 saturated carbocycles. The second kappa shape index (κ2) is 12.0. The molecule has 1 aromatic rings. The number of methoxy groups -OCH3 is 1. The maximum atomic E-state index is 12.2. The number of hydrogen-bond acceptors (Lipinski definition) is 6. The van der Waals surface area contributed by atoms with Crippen molar-refractivity contribution < 1.29 is 23.9 Å². The van der Waals surface area contributed by atoms with Gasteiger partial charge in [-0.1, -0.05) is 30.3 Å². The predicted molar refractivity (Wildman–Crippen MR) is 103 cm³/mol. The van der Waals surface area contributed by atoms with E-state index in [9.17, 15) is 14.4 Å². The normalized spacial score (nSPS) is 16.8. The first-order chi connectivity index (χ1) is 13.6. The van der Waals surface area contributed by atoms with Crippen LogP contribution in [-0.4, -0.2) is 50.3 Å². The van der Waals surface area contributed by atoms with Crippen molar-refractivity contribution in [1.82, 2.24) is 16.0 Å². The number of carbonyl (C=O) groups is 3. The summed E-state index contributed by atoms with van der Waals surface area (Å²) in [6, 6.07) is 8.52. The van der Waals surface area contributed by atoms with Gasteiger partial charge in [-0.25, -0.2) is 9.59 Å². The molecule has 1 heterocycles. The first-order valence-corrected chi connectivity index (χ1v) is 9.66. The van der Waals surface area contributed by atoms with Crippen molar-refractivity contribution in [2.45, 2.75) is 50.8 Å². The van der Waals surface area contributed by atoms with E-state index in [1.807, 2.05) is 30.3 Å². The van der Waals surface area contributed by atoms with Crippen LogP contribution in [-0.2, 0) is 25.7 Å². The Bertz CT molecular complexity index is 632. The van der Waals surface area contributed by atoms with Gasteiger partial charge in [-0.05, 0) is 44.2 Å². The maximum Gasteiger partial charge on any atom is 0.407 e. The van der Waals surface area contributed by atoms with E-state index in [4.69, 9.17) is 9.47 Å². The van der Waals surface area contributed by atoms with Crippen molar-refractivity contribution >= 4 is 18.0 Å². The van der Waals surface area contributed by atoms with Crippen molar-refractivity contribution in [3.05, 3.63) is 35.9 Å². The van der Waals surface area contributed by atoms with Crippen LogP contribution in [0.5, 0.6) is 0 Å². The van der Waals surface area contributed by atoms with Crippen molar-refractivity contribution in [2.24, 2.45) is 0 Å². The fourth-order valence-corrected chi connectivity index (χ4v) is 3.01. The summed E-state index contributed by atoms with van der Waals surface area (Å²) in [5.74, 6) is -0.628. The van der Waals surface area contributed by atoms with Crippen LogP contribution in [0.4, 0.5) is 4.79 Å². The molecule has 2 amide bonds. The first kappa shape index (κ1) is 21.7. The number of esters is 1. The van der Waals surface area contributed by atoms with Crippen LogP contribution in [0.2, 0.25) is 0 Å². The lowest BCUT2D eigenvalue weighted by Gasteiger charge is -2.19. The highest BCUT2D eigenvalue weighted by Gasteiger charge is 2.27. The Balaban J connectivity index is 1.62. The quantitative estimate of drug-likeness (QED) is 0.412. The first-order valence-electron chi connectivity index (χ1n) is 9.66. The summed E-state index contributed by atoms with van der Waals surface area (Å²) in [5.41, 5.74) is 0.922. The number of nitrogens with one attached hydrogen (secondary N) is 3. The van der Waals surface area contributed by atoms with Gasteiger partial charge in [-0.3, -0.25) is 4.79 Å². The van der Waals surface area contributed by atoms with Gasteiger partial charge in [0.15, 0.2) is 0 Å². The maximum absolute atomic E-state index is 12.2. The minimum atomic E-state index is -0.676. The van der Waals surface area contributed by atoms with E-state index in [1.165, 1.54) is 7.11 Å². The molecular weight excluding hydrogens is 362 g/mol. The fourth-order valence-electron chi connectivity index (χ4n) is 3.01. The molecule has 2 rings (SSSR count). The number of alkyl carbamates (subject to hydrolysis) is 1. The second-order valence-corrected chi connectivity index (χ2v) is 6.72. The summed E-state index contributed by atoms with van der Waals surface area (Å²) in [6.45, 7) is 1.46. The number of hydrogen-bond donors (Lipinski definition) is 3. The molecule has 0 radical (unpaired) electrons. The van der Waals surface area contributed by atoms with E-state index in [0.29, 0.717) is 25.8 Å². The Morgan fingerprint density at radius 3 is 2.68 bits per heavy atom. The minimum absolute atomic E-state index is 0.171. The van der Waals surface area contributed by atoms with Gasteiger partial charge in [0.05, 0.1) is 13.2 Å². The zero-order valence-electron chi connectivity index (χ0n) is 16.2. The van der Waals surface area contributed by atoms with Gasteiger partial charge in [0.25, 0.3) is 0 Å². The summed E-state index contributed by atoms with van der Waals surface area (Å²) in [4.78, 5) is 35.8. The summed E-state index contributed by atoms with van der Waals surface area (Å²) < 4.78 is 9.91. The van der Waals surface area contributed by atoms with E-state index in [1.54, 1.807) is 0 Å². The molecule has 0 aliphatic carbocycles. The molecule has 1 unspecified atom stereocenters. The van der Waals surface area contributed by atoms with Gasteiger partial charge in [0.1, 0.15) is 12.6 Å². The standard InChI is InChI=1S/C20H29N3O5/c1-27-19(25)17(23-18(24)16-11-7-13-21-16)10-5-6-12-22-20(26)28-14-15-8-3-2-4-9-15/h2-4,8-9,16-17,21H,5-7,10-14H2,1H3,(H,22,26)(H,23,24)/t16-,17?/m0/s1. The average molecular weight is 391 g/mol. The molecule has 3 N–H and O–H groups in total. The van der Waals surface area contributed by atoms with Crippen LogP contribution in [0.15, 0.2) is 30.3 Å². The fraction of sp³-hybridized carbons (Fsp3) is 0.550. The number of rotatable bonds is 10. The molecule has 0 spiro atoms. The number of ether oxygens (including phenoxy) is 2. The highest BCUT2D eigenvalue weighted by atomic mass is 16.5. The monoisotopic (exact) mass is 391 g/mol. The van der Waals surface area contributed by atoms with Crippen LogP contribution in [0, 0.1) is 0 Å². The molecule has 1 fully saturated rings. The smallest absolute Gasteiger partial charge is 0.407 e. The summed E-state index contributed by atoms with van der Waals surface area (Å²) in [7, 11) is 1.31. The molecule has 1 saturated heterocycles. The zero-order chi connectivity index (χ0) is 20.2. The number of unbranched alkanes of at least 4 members (excludes halogenated alkanes) is 1. The summed E-state index contributed by atoms with van der Waals surface area (Å²) in [6.07, 6.45) is 3.00. The van der Waals surface area contributed by atoms with Crippen molar-refractivity contribution in [3.63, 3.8) is 0 Å². The van der Waals surface area contributed by atoms with Gasteiger partial charge in [-0.2, -0.15) is 0 Å². The molecular formula is C20H29N3O5. The molecule has 1 aromatic carbocycles. The Kier molecular flexibility index (Phi) is 9.27. The third kappa shape index (κ3) is 7.56. The predicted octanol–water partition coefficient (Wildman–Crippen LogP) is 1.49. The van der Waals surface area contributed by atoms with E-state index >= 15 is 0 Å². The Morgan fingerprint density at radius 1 is 1.21 bits per heavy atom. The summed E-state index contributed by atoms with van der Waals surface area (Å²) in [5, 5.41) is 8.55. The SMILES string of the molecule is COC(=O)C(CCCCNC(=O)OCc1ccccc1)NC(=O)[C@@H]1CCCN1. The van der Waals surface area contributed by atoms with Gasteiger partial charge >= 0.3 is 12.1 Å². The van der Waals surface area contributed by atoms with Crippen LogP contribution >= 0.6 is 0 Å². The zero-order valence-corrected chi connectivity index (χ0v) is 16.2. The number of carbonyl (C=O) groups excluding carboxylic acids is 3. The second-order valence-electron chi connectivity index (χ2n) is 6.72.